The minimum Gasteiger partial charge on any atom is -0.457 e. The number of rotatable bonds is 4. The molecule has 0 amide bonds. The van der Waals surface area contributed by atoms with E-state index in [0.29, 0.717) is 18.5 Å². The number of halogens is 1. The molecule has 2 N–H and O–H groups in total. The number of hydrazine groups is 1. The zero-order valence-electron chi connectivity index (χ0n) is 13.8. The fourth-order valence-electron chi connectivity index (χ4n) is 2.80. The normalized spacial score (nSPS) is 16.5. The van der Waals surface area contributed by atoms with Crippen molar-refractivity contribution in [2.45, 2.75) is 45.1 Å². The average Bonchev–Trinajstić information content (AvgIpc) is 2.57. The number of hydrogen-bond acceptors (Lipinski definition) is 3. The third-order valence-corrected chi connectivity index (χ3v) is 4.64. The molecule has 6 heteroatoms. The van der Waals surface area contributed by atoms with Gasteiger partial charge in [0.25, 0.3) is 0 Å². The molecule has 1 aliphatic rings. The topological polar surface area (TPSA) is 53.4 Å². The highest BCUT2D eigenvalue weighted by Crippen LogP contribution is 2.19. The molecule has 0 aliphatic heterocycles. The molecule has 0 bridgehead atoms. The first kappa shape index (κ1) is 17.8. The van der Waals surface area contributed by atoms with Gasteiger partial charge in [-0.05, 0) is 56.9 Å². The highest BCUT2D eigenvalue weighted by atomic mass is 79.9. The van der Waals surface area contributed by atoms with Gasteiger partial charge in [-0.3, -0.25) is 4.58 Å². The van der Waals surface area contributed by atoms with Crippen molar-refractivity contribution in [2.75, 3.05) is 19.1 Å². The Morgan fingerprint density at radius 2 is 1.91 bits per heavy atom. The van der Waals surface area contributed by atoms with E-state index < -0.39 is 0 Å². The summed E-state index contributed by atoms with van der Waals surface area (Å²) in [5.74, 6) is 0.131. The summed E-state index contributed by atoms with van der Waals surface area (Å²) in [6.07, 6.45) is 5.93. The molecule has 1 saturated carbocycles. The van der Waals surface area contributed by atoms with Gasteiger partial charge in [-0.1, -0.05) is 22.4 Å². The van der Waals surface area contributed by atoms with Crippen LogP contribution in [0.5, 0.6) is 0 Å². The third kappa shape index (κ3) is 5.23. The van der Waals surface area contributed by atoms with Gasteiger partial charge >= 0.3 is 11.8 Å². The van der Waals surface area contributed by atoms with Crippen LogP contribution in [-0.4, -0.2) is 36.1 Å². The van der Waals surface area contributed by atoms with Gasteiger partial charge in [0.2, 0.25) is 0 Å². The maximum absolute atomic E-state index is 12.3. The highest BCUT2D eigenvalue weighted by molar-refractivity contribution is 9.10. The van der Waals surface area contributed by atoms with E-state index in [4.69, 9.17) is 4.74 Å². The largest absolute Gasteiger partial charge is 0.457 e. The van der Waals surface area contributed by atoms with Crippen LogP contribution in [0, 0.1) is 0 Å². The smallest absolute Gasteiger partial charge is 0.423 e. The quantitative estimate of drug-likeness (QED) is 0.275. The molecule has 0 aromatic heterocycles. The molecule has 2 rings (SSSR count). The number of esters is 1. The zero-order valence-corrected chi connectivity index (χ0v) is 15.4. The Morgan fingerprint density at radius 1 is 1.26 bits per heavy atom. The summed E-state index contributed by atoms with van der Waals surface area (Å²) < 4.78 is 8.22. The van der Waals surface area contributed by atoms with Crippen LogP contribution >= 0.6 is 15.9 Å². The van der Waals surface area contributed by atoms with Gasteiger partial charge in [0.05, 0.1) is 25.4 Å². The van der Waals surface area contributed by atoms with Crippen molar-refractivity contribution >= 4 is 33.4 Å². The molecule has 1 aromatic carbocycles. The fourth-order valence-corrected chi connectivity index (χ4v) is 3.06. The SMILES string of the molecule is CCOC(=O)C(NNc1ccc(Br)cc1)=[N+](C)C1CCCCC1. The van der Waals surface area contributed by atoms with Crippen molar-refractivity contribution in [3.63, 3.8) is 0 Å². The number of carbonyl (C=O) groups excluding carboxylic acids is 1. The van der Waals surface area contributed by atoms with E-state index in [1.165, 1.54) is 19.3 Å². The number of ether oxygens (including phenoxy) is 1. The molecule has 0 radical (unpaired) electrons. The Balaban J connectivity index is 2.12. The minimum atomic E-state index is -0.329. The van der Waals surface area contributed by atoms with E-state index in [1.807, 2.05) is 42.8 Å². The summed E-state index contributed by atoms with van der Waals surface area (Å²) in [6, 6.07) is 8.13. The number of hydrogen-bond donors (Lipinski definition) is 2. The standard InChI is InChI=1S/C17H24BrN3O2/c1-3-23-17(22)16(21(2)15-7-5-4-6-8-15)20-19-14-11-9-13(18)10-12-14/h9-12,15H,3-8H2,1-2H3,(H,19,22)/p+1. The predicted molar refractivity (Wildman–Crippen MR) is 95.6 cm³/mol. The van der Waals surface area contributed by atoms with Crippen LogP contribution in [0.1, 0.15) is 39.0 Å². The number of nitrogens with one attached hydrogen (secondary N) is 2. The summed E-state index contributed by atoms with van der Waals surface area (Å²) in [7, 11) is 1.96. The number of nitrogens with zero attached hydrogens (tertiary/aromatic N) is 1. The molecular weight excluding hydrogens is 358 g/mol. The number of amidine groups is 1. The van der Waals surface area contributed by atoms with Crippen LogP contribution in [-0.2, 0) is 9.53 Å². The van der Waals surface area contributed by atoms with Crippen LogP contribution in [0.2, 0.25) is 0 Å². The van der Waals surface area contributed by atoms with Crippen molar-refractivity contribution in [1.82, 2.24) is 5.43 Å². The van der Waals surface area contributed by atoms with Crippen LogP contribution < -0.4 is 10.9 Å². The molecule has 1 aromatic rings. The fraction of sp³-hybridized carbons (Fsp3) is 0.529. The summed E-state index contributed by atoms with van der Waals surface area (Å²) in [5, 5.41) is 0. The second-order valence-corrected chi connectivity index (χ2v) is 6.64. The average molecular weight is 383 g/mol. The maximum Gasteiger partial charge on any atom is 0.423 e. The number of benzene rings is 1. The van der Waals surface area contributed by atoms with Crippen LogP contribution in [0.4, 0.5) is 5.69 Å². The second kappa shape index (κ2) is 8.91. The Kier molecular flexibility index (Phi) is 6.89. The van der Waals surface area contributed by atoms with Gasteiger partial charge in [-0.2, -0.15) is 5.43 Å². The van der Waals surface area contributed by atoms with Crippen LogP contribution in [0.15, 0.2) is 28.7 Å². The monoisotopic (exact) mass is 382 g/mol. The van der Waals surface area contributed by atoms with Crippen molar-refractivity contribution in [3.05, 3.63) is 28.7 Å². The highest BCUT2D eigenvalue weighted by Gasteiger charge is 2.28. The summed E-state index contributed by atoms with van der Waals surface area (Å²) in [4.78, 5) is 12.3. The second-order valence-electron chi connectivity index (χ2n) is 5.73. The van der Waals surface area contributed by atoms with Crippen molar-refractivity contribution < 1.29 is 14.1 Å². The Morgan fingerprint density at radius 3 is 2.52 bits per heavy atom. The molecule has 1 aliphatic carbocycles. The lowest BCUT2D eigenvalue weighted by Gasteiger charge is -2.22. The van der Waals surface area contributed by atoms with Crippen molar-refractivity contribution in [1.29, 1.82) is 0 Å². The van der Waals surface area contributed by atoms with E-state index in [0.717, 1.165) is 23.0 Å². The summed E-state index contributed by atoms with van der Waals surface area (Å²) in [6.45, 7) is 2.18. The molecule has 5 nitrogen and oxygen atoms in total. The molecular formula is C17H25BrN3O2+. The van der Waals surface area contributed by atoms with E-state index in [9.17, 15) is 4.79 Å². The summed E-state index contributed by atoms with van der Waals surface area (Å²) in [5.41, 5.74) is 7.00. The molecule has 0 spiro atoms. The molecule has 0 unspecified atom stereocenters. The van der Waals surface area contributed by atoms with Crippen molar-refractivity contribution in [2.24, 2.45) is 0 Å². The lowest BCUT2D eigenvalue weighted by Crippen LogP contribution is -2.46. The van der Waals surface area contributed by atoms with Gasteiger partial charge in [-0.25, -0.2) is 10.2 Å². The summed E-state index contributed by atoms with van der Waals surface area (Å²) >= 11 is 3.41. The first-order chi connectivity index (χ1) is 11.1. The maximum atomic E-state index is 12.3. The van der Waals surface area contributed by atoms with Crippen LogP contribution in [0.3, 0.4) is 0 Å². The van der Waals surface area contributed by atoms with E-state index in [1.54, 1.807) is 0 Å². The molecule has 1 fully saturated rings. The molecule has 0 atom stereocenters. The van der Waals surface area contributed by atoms with Crippen molar-refractivity contribution in [3.8, 4) is 0 Å². The number of anilines is 1. The first-order valence-corrected chi connectivity index (χ1v) is 8.95. The van der Waals surface area contributed by atoms with E-state index in [-0.39, 0.29) is 5.97 Å². The van der Waals surface area contributed by atoms with Gasteiger partial charge in [-0.15, -0.1) is 0 Å². The molecule has 23 heavy (non-hydrogen) atoms. The third-order valence-electron chi connectivity index (χ3n) is 4.11. The Hall–Kier alpha value is -1.56. The van der Waals surface area contributed by atoms with Gasteiger partial charge in [0.15, 0.2) is 0 Å². The predicted octanol–water partition coefficient (Wildman–Crippen LogP) is 3.30. The van der Waals surface area contributed by atoms with E-state index in [2.05, 4.69) is 26.8 Å². The first-order valence-electron chi connectivity index (χ1n) is 8.16. The molecule has 0 saturated heterocycles. The van der Waals surface area contributed by atoms with Gasteiger partial charge in [0, 0.05) is 4.47 Å². The zero-order chi connectivity index (χ0) is 16.7. The molecule has 126 valence electrons. The Labute approximate surface area is 146 Å². The lowest BCUT2D eigenvalue weighted by atomic mass is 9.95. The minimum absolute atomic E-state index is 0.329. The van der Waals surface area contributed by atoms with Gasteiger partial charge < -0.3 is 4.74 Å². The Bertz CT molecular complexity index is 551. The van der Waals surface area contributed by atoms with E-state index >= 15 is 0 Å². The number of carbonyl (C=O) groups is 1. The molecule has 0 heterocycles. The lowest BCUT2D eigenvalue weighted by molar-refractivity contribution is -0.543. The van der Waals surface area contributed by atoms with Crippen LogP contribution in [0.25, 0.3) is 0 Å². The van der Waals surface area contributed by atoms with Gasteiger partial charge in [0.1, 0.15) is 0 Å².